The molecule has 3 aromatic rings. The van der Waals surface area contributed by atoms with Crippen molar-refractivity contribution in [2.45, 2.75) is 23.4 Å². The van der Waals surface area contributed by atoms with Gasteiger partial charge in [0.15, 0.2) is 5.16 Å². The van der Waals surface area contributed by atoms with Crippen molar-refractivity contribution in [3.63, 3.8) is 0 Å². The van der Waals surface area contributed by atoms with E-state index in [1.54, 1.807) is 0 Å². The predicted octanol–water partition coefficient (Wildman–Crippen LogP) is 5.16. The standard InChI is InChI=1S/C18H17F4N3OS/c1-25(2)15-6-4-3-5-11(15)10-27-17-23-13-8-7-12(9-14(13)24-17)26-18(21,22)16(19)20/h3-9,16H,10H2,1-2H3,(H,23,24). The van der Waals surface area contributed by atoms with Gasteiger partial charge in [0.05, 0.1) is 11.0 Å². The maximum Gasteiger partial charge on any atom is 0.461 e. The molecule has 0 fully saturated rings. The zero-order valence-electron chi connectivity index (χ0n) is 14.5. The van der Waals surface area contributed by atoms with Gasteiger partial charge in [-0.05, 0) is 23.8 Å². The summed E-state index contributed by atoms with van der Waals surface area (Å²) in [5, 5.41) is 0.594. The minimum Gasteiger partial charge on any atom is -0.428 e. The van der Waals surface area contributed by atoms with Gasteiger partial charge in [0.25, 0.3) is 0 Å². The van der Waals surface area contributed by atoms with Crippen LogP contribution in [-0.4, -0.2) is 36.6 Å². The molecule has 0 radical (unpaired) electrons. The summed E-state index contributed by atoms with van der Waals surface area (Å²) in [5.74, 6) is 0.298. The number of fused-ring (bicyclic) bond motifs is 1. The maximum atomic E-state index is 13.0. The van der Waals surface area contributed by atoms with Crippen LogP contribution in [0.15, 0.2) is 47.6 Å². The highest BCUT2D eigenvalue weighted by Gasteiger charge is 2.44. The van der Waals surface area contributed by atoms with Crippen molar-refractivity contribution >= 4 is 28.5 Å². The lowest BCUT2D eigenvalue weighted by molar-refractivity contribution is -0.253. The molecule has 2 aromatic carbocycles. The lowest BCUT2D eigenvalue weighted by Crippen LogP contribution is -2.33. The summed E-state index contributed by atoms with van der Waals surface area (Å²) in [6.45, 7) is 0. The second-order valence-corrected chi connectivity index (χ2v) is 6.96. The quantitative estimate of drug-likeness (QED) is 0.440. The number of H-pyrrole nitrogens is 1. The van der Waals surface area contributed by atoms with Gasteiger partial charge in [-0.1, -0.05) is 30.0 Å². The number of anilines is 1. The summed E-state index contributed by atoms with van der Waals surface area (Å²) in [7, 11) is 3.92. The molecule has 0 bridgehead atoms. The van der Waals surface area contributed by atoms with Crippen molar-refractivity contribution in [1.29, 1.82) is 0 Å². The number of benzene rings is 2. The van der Waals surface area contributed by atoms with E-state index in [2.05, 4.69) is 14.7 Å². The molecule has 0 aliphatic carbocycles. The third kappa shape index (κ3) is 4.47. The summed E-state index contributed by atoms with van der Waals surface area (Å²) in [6, 6.07) is 11.8. The van der Waals surface area contributed by atoms with Crippen LogP contribution in [0.5, 0.6) is 5.75 Å². The van der Waals surface area contributed by atoms with Gasteiger partial charge in [-0.15, -0.1) is 0 Å². The Morgan fingerprint density at radius 1 is 1.19 bits per heavy atom. The number of thioether (sulfide) groups is 1. The molecule has 0 spiro atoms. The number of aromatic amines is 1. The zero-order valence-corrected chi connectivity index (χ0v) is 15.4. The first-order valence-electron chi connectivity index (χ1n) is 7.99. The number of hydrogen-bond acceptors (Lipinski definition) is 4. The Morgan fingerprint density at radius 3 is 2.63 bits per heavy atom. The van der Waals surface area contributed by atoms with Gasteiger partial charge >= 0.3 is 12.5 Å². The normalized spacial score (nSPS) is 12.0. The number of rotatable bonds is 7. The lowest BCUT2D eigenvalue weighted by atomic mass is 10.2. The van der Waals surface area contributed by atoms with Crippen molar-refractivity contribution < 1.29 is 22.3 Å². The molecular weight excluding hydrogens is 382 g/mol. The van der Waals surface area contributed by atoms with Gasteiger partial charge in [0, 0.05) is 31.6 Å². The number of nitrogens with zero attached hydrogens (tertiary/aromatic N) is 2. The third-order valence-corrected chi connectivity index (χ3v) is 4.70. The number of para-hydroxylation sites is 1. The van der Waals surface area contributed by atoms with E-state index in [0.717, 1.165) is 11.3 Å². The number of ether oxygens (including phenoxy) is 1. The van der Waals surface area contributed by atoms with Crippen LogP contribution >= 0.6 is 11.8 Å². The van der Waals surface area contributed by atoms with Gasteiger partial charge in [-0.3, -0.25) is 0 Å². The van der Waals surface area contributed by atoms with E-state index in [1.165, 1.54) is 30.0 Å². The molecule has 1 N–H and O–H groups in total. The fourth-order valence-electron chi connectivity index (χ4n) is 2.51. The van der Waals surface area contributed by atoms with Gasteiger partial charge in [-0.2, -0.15) is 17.6 Å². The fourth-order valence-corrected chi connectivity index (χ4v) is 3.40. The molecule has 0 aliphatic rings. The average molecular weight is 399 g/mol. The number of hydrogen-bond donors (Lipinski definition) is 1. The molecule has 1 heterocycles. The van der Waals surface area contributed by atoms with E-state index in [4.69, 9.17) is 0 Å². The maximum absolute atomic E-state index is 13.0. The first-order valence-corrected chi connectivity index (χ1v) is 8.97. The van der Waals surface area contributed by atoms with Crippen molar-refractivity contribution in [2.24, 2.45) is 0 Å². The molecule has 144 valence electrons. The summed E-state index contributed by atoms with van der Waals surface area (Å²) in [6.07, 6.45) is -8.45. The second-order valence-electron chi connectivity index (χ2n) is 6.00. The molecule has 27 heavy (non-hydrogen) atoms. The van der Waals surface area contributed by atoms with E-state index in [-0.39, 0.29) is 5.75 Å². The van der Waals surface area contributed by atoms with Crippen LogP contribution in [0.25, 0.3) is 11.0 Å². The van der Waals surface area contributed by atoms with Crippen LogP contribution in [0.4, 0.5) is 23.2 Å². The minimum absolute atomic E-state index is 0.356. The molecule has 0 saturated carbocycles. The monoisotopic (exact) mass is 399 g/mol. The van der Waals surface area contributed by atoms with Crippen molar-refractivity contribution in [3.05, 3.63) is 48.0 Å². The molecule has 0 aliphatic heterocycles. The molecule has 9 heteroatoms. The molecule has 4 nitrogen and oxygen atoms in total. The van der Waals surface area contributed by atoms with Crippen molar-refractivity contribution in [3.8, 4) is 5.75 Å². The highest BCUT2D eigenvalue weighted by atomic mass is 32.2. The largest absolute Gasteiger partial charge is 0.461 e. The van der Waals surface area contributed by atoms with Gasteiger partial charge in [0.2, 0.25) is 0 Å². The Kier molecular flexibility index (Phi) is 5.50. The topological polar surface area (TPSA) is 41.2 Å². The van der Waals surface area contributed by atoms with Crippen molar-refractivity contribution in [2.75, 3.05) is 19.0 Å². The number of imidazole rings is 1. The molecule has 0 atom stereocenters. The van der Waals surface area contributed by atoms with E-state index < -0.39 is 12.5 Å². The Hall–Kier alpha value is -2.42. The summed E-state index contributed by atoms with van der Waals surface area (Å²) in [5.41, 5.74) is 3.17. The average Bonchev–Trinajstić information content (AvgIpc) is 3.01. The Balaban J connectivity index is 1.76. The molecule has 0 saturated heterocycles. The fraction of sp³-hybridized carbons (Fsp3) is 0.278. The number of halogens is 4. The smallest absolute Gasteiger partial charge is 0.428 e. The van der Waals surface area contributed by atoms with Crippen molar-refractivity contribution in [1.82, 2.24) is 9.97 Å². The highest BCUT2D eigenvalue weighted by molar-refractivity contribution is 7.98. The second kappa shape index (κ2) is 7.67. The van der Waals surface area contributed by atoms with Crippen LogP contribution in [0.2, 0.25) is 0 Å². The third-order valence-electron chi connectivity index (χ3n) is 3.78. The minimum atomic E-state index is -4.54. The van der Waals surface area contributed by atoms with Crippen LogP contribution in [0.1, 0.15) is 5.56 Å². The lowest BCUT2D eigenvalue weighted by Gasteiger charge is -2.16. The summed E-state index contributed by atoms with van der Waals surface area (Å²) >= 11 is 1.45. The number of nitrogens with one attached hydrogen (secondary N) is 1. The van der Waals surface area contributed by atoms with Crippen LogP contribution in [0.3, 0.4) is 0 Å². The summed E-state index contributed by atoms with van der Waals surface area (Å²) in [4.78, 5) is 9.39. The van der Waals surface area contributed by atoms with Crippen LogP contribution < -0.4 is 9.64 Å². The highest BCUT2D eigenvalue weighted by Crippen LogP contribution is 2.31. The van der Waals surface area contributed by atoms with Crippen LogP contribution in [0, 0.1) is 0 Å². The van der Waals surface area contributed by atoms with Crippen LogP contribution in [-0.2, 0) is 5.75 Å². The Labute approximate surface area is 157 Å². The van der Waals surface area contributed by atoms with E-state index >= 15 is 0 Å². The van der Waals surface area contributed by atoms with E-state index in [1.807, 2.05) is 43.3 Å². The van der Waals surface area contributed by atoms with Gasteiger partial charge < -0.3 is 14.6 Å². The molecule has 1 aromatic heterocycles. The van der Waals surface area contributed by atoms with E-state index in [9.17, 15) is 17.6 Å². The SMILES string of the molecule is CN(C)c1ccccc1CSc1nc2ccc(OC(F)(F)C(F)F)cc2[nH]1. The zero-order chi connectivity index (χ0) is 19.6. The molecular formula is C18H17F4N3OS. The molecule has 0 unspecified atom stereocenters. The first kappa shape index (κ1) is 19.3. The predicted molar refractivity (Wildman–Crippen MR) is 98.0 cm³/mol. The van der Waals surface area contributed by atoms with E-state index in [0.29, 0.717) is 21.9 Å². The number of alkyl halides is 4. The Bertz CT molecular complexity index is 930. The molecule has 0 amide bonds. The number of aromatic nitrogens is 2. The Morgan fingerprint density at radius 2 is 1.93 bits per heavy atom. The first-order chi connectivity index (χ1) is 12.8. The molecule has 3 rings (SSSR count). The van der Waals surface area contributed by atoms with Gasteiger partial charge in [-0.25, -0.2) is 4.98 Å². The van der Waals surface area contributed by atoms with Gasteiger partial charge in [0.1, 0.15) is 5.75 Å². The summed E-state index contributed by atoms with van der Waals surface area (Å²) < 4.78 is 54.7.